The summed E-state index contributed by atoms with van der Waals surface area (Å²) in [4.78, 5) is 39.9. The molecule has 1 aliphatic heterocycles. The minimum atomic E-state index is -0.950. The molecule has 1 aliphatic rings. The van der Waals surface area contributed by atoms with E-state index in [1.807, 2.05) is 25.1 Å². The molecule has 0 bridgehead atoms. The second-order valence-electron chi connectivity index (χ2n) is 8.26. The van der Waals surface area contributed by atoms with Gasteiger partial charge in [-0.15, -0.1) is 0 Å². The van der Waals surface area contributed by atoms with Crippen LogP contribution in [0.25, 0.3) is 6.08 Å². The summed E-state index contributed by atoms with van der Waals surface area (Å²) in [5.74, 6) is -0.610. The zero-order chi connectivity index (χ0) is 29.0. The number of barbiturate groups is 1. The molecule has 1 fully saturated rings. The quantitative estimate of drug-likeness (QED) is 0.211. The molecule has 4 rings (SSSR count). The number of hydrogen-bond acceptors (Lipinski definition) is 7. The van der Waals surface area contributed by atoms with E-state index in [0.717, 1.165) is 10.5 Å². The Morgan fingerprint density at radius 1 is 0.925 bits per heavy atom. The molecule has 40 heavy (non-hydrogen) atoms. The second kappa shape index (κ2) is 12.6. The van der Waals surface area contributed by atoms with Gasteiger partial charge < -0.3 is 18.9 Å². The van der Waals surface area contributed by atoms with Crippen molar-refractivity contribution in [2.24, 2.45) is 0 Å². The van der Waals surface area contributed by atoms with Gasteiger partial charge in [0.25, 0.3) is 11.8 Å². The fourth-order valence-electron chi connectivity index (χ4n) is 3.90. The Kier molecular flexibility index (Phi) is 9.24. The standard InChI is InChI=1S/C28H23BrCl2N2O7/c1-4-39-24-11-15(10-18(29)25(24)40-14-16-7-5-6-8-19(16)30)9-17-26(34)32-28(36)33(27(17)35)21-13-22(37-2)20(31)12-23(21)38-3/h5-13H,4,14H2,1-3H3,(H,32,34,36)/b17-9+. The molecule has 12 heteroatoms. The summed E-state index contributed by atoms with van der Waals surface area (Å²) in [7, 11) is 2.75. The van der Waals surface area contributed by atoms with E-state index in [-0.39, 0.29) is 34.4 Å². The third-order valence-corrected chi connectivity index (χ3v) is 7.02. The predicted molar refractivity (Wildman–Crippen MR) is 155 cm³/mol. The van der Waals surface area contributed by atoms with E-state index in [1.165, 1.54) is 32.4 Å². The molecule has 3 aromatic carbocycles. The number of rotatable bonds is 9. The minimum Gasteiger partial charge on any atom is -0.495 e. The number of halogens is 3. The maximum absolute atomic E-state index is 13.5. The van der Waals surface area contributed by atoms with Crippen LogP contribution in [0.2, 0.25) is 10.0 Å². The first kappa shape index (κ1) is 29.3. The average molecular weight is 650 g/mol. The van der Waals surface area contributed by atoms with Crippen LogP contribution in [0.3, 0.4) is 0 Å². The molecule has 0 aliphatic carbocycles. The Balaban J connectivity index is 1.71. The van der Waals surface area contributed by atoms with E-state index in [2.05, 4.69) is 21.2 Å². The summed E-state index contributed by atoms with van der Waals surface area (Å²) < 4.78 is 22.9. The summed E-state index contributed by atoms with van der Waals surface area (Å²) in [6, 6.07) is 12.4. The lowest BCUT2D eigenvalue weighted by Crippen LogP contribution is -2.54. The van der Waals surface area contributed by atoms with Crippen molar-refractivity contribution in [1.82, 2.24) is 5.32 Å². The Hall–Kier alpha value is -3.73. The van der Waals surface area contributed by atoms with Crippen LogP contribution in [-0.2, 0) is 16.2 Å². The molecule has 0 spiro atoms. The van der Waals surface area contributed by atoms with Crippen LogP contribution >= 0.6 is 39.1 Å². The SMILES string of the molecule is CCOc1cc(/C=C2\C(=O)NC(=O)N(c3cc(OC)c(Cl)cc3OC)C2=O)cc(Br)c1OCc1ccccc1Cl. The summed E-state index contributed by atoms with van der Waals surface area (Å²) in [6.07, 6.45) is 1.35. The molecule has 1 N–H and O–H groups in total. The van der Waals surface area contributed by atoms with Crippen molar-refractivity contribution in [3.05, 3.63) is 79.7 Å². The molecular formula is C28H23BrCl2N2O7. The topological polar surface area (TPSA) is 103 Å². The van der Waals surface area contributed by atoms with Gasteiger partial charge in [-0.05, 0) is 52.7 Å². The summed E-state index contributed by atoms with van der Waals surface area (Å²) >= 11 is 15.9. The van der Waals surface area contributed by atoms with Crippen LogP contribution in [0.5, 0.6) is 23.0 Å². The number of imide groups is 2. The largest absolute Gasteiger partial charge is 0.495 e. The number of urea groups is 1. The molecule has 1 saturated heterocycles. The lowest BCUT2D eigenvalue weighted by atomic mass is 10.1. The van der Waals surface area contributed by atoms with Crippen molar-refractivity contribution in [3.8, 4) is 23.0 Å². The Bertz CT molecular complexity index is 1530. The van der Waals surface area contributed by atoms with Crippen molar-refractivity contribution in [1.29, 1.82) is 0 Å². The Labute approximate surface area is 248 Å². The van der Waals surface area contributed by atoms with Crippen LogP contribution < -0.4 is 29.2 Å². The van der Waals surface area contributed by atoms with Gasteiger partial charge in [-0.3, -0.25) is 14.9 Å². The average Bonchev–Trinajstić information content (AvgIpc) is 2.92. The van der Waals surface area contributed by atoms with Gasteiger partial charge in [0.1, 0.15) is 23.7 Å². The number of nitrogens with zero attached hydrogens (tertiary/aromatic N) is 1. The van der Waals surface area contributed by atoms with Gasteiger partial charge in [0.15, 0.2) is 11.5 Å². The highest BCUT2D eigenvalue weighted by Gasteiger charge is 2.38. The number of hydrogen-bond donors (Lipinski definition) is 1. The predicted octanol–water partition coefficient (Wildman–Crippen LogP) is 6.42. The van der Waals surface area contributed by atoms with Crippen molar-refractivity contribution in [2.75, 3.05) is 25.7 Å². The number of carbonyl (C=O) groups is 3. The first-order valence-corrected chi connectivity index (χ1v) is 13.4. The van der Waals surface area contributed by atoms with Crippen molar-refractivity contribution in [2.45, 2.75) is 13.5 Å². The molecule has 9 nitrogen and oxygen atoms in total. The molecule has 0 unspecified atom stereocenters. The zero-order valence-electron chi connectivity index (χ0n) is 21.5. The van der Waals surface area contributed by atoms with Crippen molar-refractivity contribution < 1.29 is 33.3 Å². The van der Waals surface area contributed by atoms with Gasteiger partial charge >= 0.3 is 6.03 Å². The lowest BCUT2D eigenvalue weighted by Gasteiger charge is -2.28. The van der Waals surface area contributed by atoms with E-state index >= 15 is 0 Å². The molecule has 3 aromatic rings. The molecule has 1 heterocycles. The molecule has 0 saturated carbocycles. The fraction of sp³-hybridized carbons (Fsp3) is 0.179. The molecular weight excluding hydrogens is 627 g/mol. The van der Waals surface area contributed by atoms with Crippen LogP contribution in [0, 0.1) is 0 Å². The maximum Gasteiger partial charge on any atom is 0.336 e. The Morgan fingerprint density at radius 3 is 2.33 bits per heavy atom. The molecule has 0 atom stereocenters. The highest BCUT2D eigenvalue weighted by Crippen LogP contribution is 2.41. The first-order chi connectivity index (χ1) is 19.2. The number of methoxy groups -OCH3 is 2. The van der Waals surface area contributed by atoms with Gasteiger partial charge in [0.2, 0.25) is 0 Å². The number of carbonyl (C=O) groups excluding carboxylic acids is 3. The van der Waals surface area contributed by atoms with Gasteiger partial charge in [-0.2, -0.15) is 0 Å². The highest BCUT2D eigenvalue weighted by molar-refractivity contribution is 9.10. The van der Waals surface area contributed by atoms with Crippen molar-refractivity contribution in [3.63, 3.8) is 0 Å². The molecule has 0 aromatic heterocycles. The van der Waals surface area contributed by atoms with Crippen LogP contribution in [0.15, 0.2) is 58.6 Å². The van der Waals surface area contributed by atoms with E-state index in [0.29, 0.717) is 33.2 Å². The molecule has 208 valence electrons. The molecule has 0 radical (unpaired) electrons. The van der Waals surface area contributed by atoms with Crippen LogP contribution in [0.1, 0.15) is 18.1 Å². The summed E-state index contributed by atoms with van der Waals surface area (Å²) in [5, 5.41) is 2.97. The van der Waals surface area contributed by atoms with Gasteiger partial charge in [0, 0.05) is 22.7 Å². The number of benzene rings is 3. The fourth-order valence-corrected chi connectivity index (χ4v) is 4.90. The zero-order valence-corrected chi connectivity index (χ0v) is 24.6. The van der Waals surface area contributed by atoms with Crippen LogP contribution in [-0.4, -0.2) is 38.7 Å². The van der Waals surface area contributed by atoms with Crippen LogP contribution in [0.4, 0.5) is 10.5 Å². The smallest absolute Gasteiger partial charge is 0.336 e. The number of nitrogens with one attached hydrogen (secondary N) is 1. The van der Waals surface area contributed by atoms with Gasteiger partial charge in [0.05, 0.1) is 36.0 Å². The molecule has 4 amide bonds. The Morgan fingerprint density at radius 2 is 1.65 bits per heavy atom. The van der Waals surface area contributed by atoms with E-state index in [1.54, 1.807) is 18.2 Å². The minimum absolute atomic E-state index is 0.0455. The normalized spacial score (nSPS) is 14.3. The van der Waals surface area contributed by atoms with Gasteiger partial charge in [-0.25, -0.2) is 9.69 Å². The van der Waals surface area contributed by atoms with Gasteiger partial charge in [-0.1, -0.05) is 41.4 Å². The first-order valence-electron chi connectivity index (χ1n) is 11.8. The van der Waals surface area contributed by atoms with Crippen molar-refractivity contribution >= 4 is 68.7 Å². The summed E-state index contributed by atoms with van der Waals surface area (Å²) in [6.45, 7) is 2.32. The van der Waals surface area contributed by atoms with E-state index in [9.17, 15) is 14.4 Å². The number of anilines is 1. The summed E-state index contributed by atoms with van der Waals surface area (Å²) in [5.41, 5.74) is 0.973. The number of ether oxygens (including phenoxy) is 4. The third-order valence-electron chi connectivity index (χ3n) is 5.77. The highest BCUT2D eigenvalue weighted by atomic mass is 79.9. The van der Waals surface area contributed by atoms with E-state index in [4.69, 9.17) is 42.1 Å². The lowest BCUT2D eigenvalue weighted by molar-refractivity contribution is -0.122. The second-order valence-corrected chi connectivity index (χ2v) is 9.93. The van der Waals surface area contributed by atoms with E-state index < -0.39 is 17.8 Å². The third kappa shape index (κ3) is 6.04. The number of amides is 4. The monoisotopic (exact) mass is 648 g/mol. The maximum atomic E-state index is 13.5.